The van der Waals surface area contributed by atoms with Gasteiger partial charge in [0.1, 0.15) is 5.78 Å². The van der Waals surface area contributed by atoms with Crippen LogP contribution in [0.3, 0.4) is 0 Å². The number of nitrogens with zero attached hydrogens (tertiary/aromatic N) is 4. The number of Topliss-reactive ketones (excluding diaryl/α,β-unsaturated/α-hetero) is 1. The molecule has 0 N–H and O–H groups in total. The fourth-order valence-electron chi connectivity index (χ4n) is 2.85. The quantitative estimate of drug-likeness (QED) is 0.437. The van der Waals surface area contributed by atoms with E-state index >= 15 is 0 Å². The van der Waals surface area contributed by atoms with Gasteiger partial charge in [0.15, 0.2) is 11.0 Å². The molecule has 6 heteroatoms. The van der Waals surface area contributed by atoms with E-state index in [-0.39, 0.29) is 5.78 Å². The number of thioether (sulfide) groups is 1. The number of hydrogen-bond donors (Lipinski definition) is 0. The Bertz CT molecular complexity index is 950. The first-order valence-corrected chi connectivity index (χ1v) is 9.72. The fourth-order valence-corrected chi connectivity index (χ4v) is 3.66. The predicted octanol–water partition coefficient (Wildman–Crippen LogP) is 4.05. The Balaban J connectivity index is 1.71. The van der Waals surface area contributed by atoms with E-state index in [4.69, 9.17) is 0 Å². The van der Waals surface area contributed by atoms with Crippen LogP contribution in [-0.2, 0) is 17.8 Å². The molecule has 0 saturated heterocycles. The van der Waals surface area contributed by atoms with Crippen LogP contribution in [0.4, 0.5) is 0 Å². The van der Waals surface area contributed by atoms with Crippen molar-refractivity contribution < 1.29 is 4.79 Å². The molecular weight excluding hydrogens is 356 g/mol. The van der Waals surface area contributed by atoms with Gasteiger partial charge in [0.2, 0.25) is 0 Å². The monoisotopic (exact) mass is 378 g/mol. The lowest BCUT2D eigenvalue weighted by molar-refractivity contribution is -0.116. The van der Waals surface area contributed by atoms with Crippen molar-refractivity contribution in [2.45, 2.75) is 32.0 Å². The number of rotatable bonds is 8. The first-order valence-electron chi connectivity index (χ1n) is 8.73. The third kappa shape index (κ3) is 4.71. The zero-order chi connectivity index (χ0) is 19.2. The highest BCUT2D eigenvalue weighted by Gasteiger charge is 2.15. The second kappa shape index (κ2) is 8.77. The second-order valence-corrected chi connectivity index (χ2v) is 7.32. The molecule has 3 rings (SSSR count). The summed E-state index contributed by atoms with van der Waals surface area (Å²) < 4.78 is 1.96. The van der Waals surface area contributed by atoms with Crippen LogP contribution in [0.2, 0.25) is 0 Å². The van der Waals surface area contributed by atoms with Crippen molar-refractivity contribution in [1.29, 1.82) is 0 Å². The highest BCUT2D eigenvalue weighted by molar-refractivity contribution is 7.99. The minimum Gasteiger partial charge on any atom is -0.298 e. The number of aryl methyl sites for hydroxylation is 2. The Hall–Kier alpha value is -2.73. The average molecular weight is 379 g/mol. The SMILES string of the molecule is C=CCn1c(SCC(=O)Cc2ccc(C)cc2C)nnc1-c1cccnc1. The van der Waals surface area contributed by atoms with Crippen LogP contribution in [0.25, 0.3) is 11.4 Å². The van der Waals surface area contributed by atoms with Crippen LogP contribution in [0, 0.1) is 13.8 Å². The van der Waals surface area contributed by atoms with Crippen LogP contribution in [0.1, 0.15) is 16.7 Å². The molecule has 0 aliphatic rings. The van der Waals surface area contributed by atoms with Gasteiger partial charge in [-0.05, 0) is 37.1 Å². The van der Waals surface area contributed by atoms with Gasteiger partial charge >= 0.3 is 0 Å². The Labute approximate surface area is 163 Å². The molecule has 0 unspecified atom stereocenters. The second-order valence-electron chi connectivity index (χ2n) is 6.38. The molecule has 138 valence electrons. The molecule has 0 fully saturated rings. The van der Waals surface area contributed by atoms with Gasteiger partial charge in [0.05, 0.1) is 5.75 Å². The van der Waals surface area contributed by atoms with Crippen molar-refractivity contribution in [2.75, 3.05) is 5.75 Å². The Kier molecular flexibility index (Phi) is 6.19. The standard InChI is InChI=1S/C21H22N4OS/c1-4-10-25-20(18-6-5-9-22-13-18)23-24-21(25)27-14-19(26)12-17-8-7-15(2)11-16(17)3/h4-9,11,13H,1,10,12,14H2,2-3H3. The molecule has 2 aromatic heterocycles. The van der Waals surface area contributed by atoms with Crippen LogP contribution in [-0.4, -0.2) is 31.3 Å². The Morgan fingerprint density at radius 1 is 1.26 bits per heavy atom. The summed E-state index contributed by atoms with van der Waals surface area (Å²) in [5, 5.41) is 9.26. The maximum atomic E-state index is 12.5. The molecule has 0 aliphatic carbocycles. The van der Waals surface area contributed by atoms with E-state index in [9.17, 15) is 4.79 Å². The van der Waals surface area contributed by atoms with E-state index in [1.807, 2.05) is 35.8 Å². The van der Waals surface area contributed by atoms with Gasteiger partial charge in [-0.3, -0.25) is 14.3 Å². The van der Waals surface area contributed by atoms with Crippen molar-refractivity contribution in [1.82, 2.24) is 19.7 Å². The molecule has 0 spiro atoms. The molecule has 0 saturated carbocycles. The molecule has 0 amide bonds. The lowest BCUT2D eigenvalue weighted by atomic mass is 10.0. The number of ketones is 1. The zero-order valence-corrected chi connectivity index (χ0v) is 16.4. The van der Waals surface area contributed by atoms with Gasteiger partial charge < -0.3 is 0 Å². The molecule has 1 aromatic carbocycles. The van der Waals surface area contributed by atoms with E-state index in [1.54, 1.807) is 18.5 Å². The number of aromatic nitrogens is 4. The molecule has 5 nitrogen and oxygen atoms in total. The maximum Gasteiger partial charge on any atom is 0.192 e. The van der Waals surface area contributed by atoms with Crippen molar-refractivity contribution in [3.05, 3.63) is 72.1 Å². The van der Waals surface area contributed by atoms with Crippen molar-refractivity contribution in [3.63, 3.8) is 0 Å². The van der Waals surface area contributed by atoms with Crippen LogP contribution < -0.4 is 0 Å². The van der Waals surface area contributed by atoms with E-state index in [2.05, 4.69) is 34.8 Å². The van der Waals surface area contributed by atoms with Crippen LogP contribution >= 0.6 is 11.8 Å². The molecule has 0 radical (unpaired) electrons. The molecule has 0 bridgehead atoms. The zero-order valence-electron chi connectivity index (χ0n) is 15.6. The van der Waals surface area contributed by atoms with Gasteiger partial charge in [-0.2, -0.15) is 0 Å². The van der Waals surface area contributed by atoms with E-state index in [0.29, 0.717) is 23.9 Å². The van der Waals surface area contributed by atoms with Gasteiger partial charge in [-0.25, -0.2) is 0 Å². The van der Waals surface area contributed by atoms with Crippen molar-refractivity contribution in [3.8, 4) is 11.4 Å². The van der Waals surface area contributed by atoms with E-state index < -0.39 is 0 Å². The van der Waals surface area contributed by atoms with E-state index in [0.717, 1.165) is 22.5 Å². The van der Waals surface area contributed by atoms with Gasteiger partial charge in [0, 0.05) is 30.9 Å². The Morgan fingerprint density at radius 3 is 2.81 bits per heavy atom. The number of hydrogen-bond acceptors (Lipinski definition) is 5. The predicted molar refractivity (Wildman–Crippen MR) is 109 cm³/mol. The summed E-state index contributed by atoms with van der Waals surface area (Å²) in [5.41, 5.74) is 4.33. The fraction of sp³-hybridized carbons (Fsp3) is 0.238. The smallest absolute Gasteiger partial charge is 0.192 e. The summed E-state index contributed by atoms with van der Waals surface area (Å²) in [5.74, 6) is 1.26. The molecule has 2 heterocycles. The van der Waals surface area contributed by atoms with Crippen molar-refractivity contribution in [2.24, 2.45) is 0 Å². The van der Waals surface area contributed by atoms with Gasteiger partial charge in [-0.15, -0.1) is 16.8 Å². The first kappa shape index (κ1) is 19.0. The van der Waals surface area contributed by atoms with E-state index in [1.165, 1.54) is 17.3 Å². The van der Waals surface area contributed by atoms with Gasteiger partial charge in [0.25, 0.3) is 0 Å². The highest BCUT2D eigenvalue weighted by atomic mass is 32.2. The summed E-state index contributed by atoms with van der Waals surface area (Å²) >= 11 is 1.41. The topological polar surface area (TPSA) is 60.7 Å². The normalized spacial score (nSPS) is 10.7. The molecule has 27 heavy (non-hydrogen) atoms. The largest absolute Gasteiger partial charge is 0.298 e. The molecule has 3 aromatic rings. The van der Waals surface area contributed by atoms with Crippen LogP contribution in [0.15, 0.2) is 60.5 Å². The van der Waals surface area contributed by atoms with Crippen molar-refractivity contribution >= 4 is 17.5 Å². The summed E-state index contributed by atoms with van der Waals surface area (Å²) in [6, 6.07) is 9.99. The minimum atomic E-state index is 0.169. The number of carbonyl (C=O) groups is 1. The number of benzene rings is 1. The third-order valence-corrected chi connectivity index (χ3v) is 5.22. The van der Waals surface area contributed by atoms with Gasteiger partial charge in [-0.1, -0.05) is 41.6 Å². The third-order valence-electron chi connectivity index (χ3n) is 4.20. The summed E-state index contributed by atoms with van der Waals surface area (Å²) in [4.78, 5) is 16.6. The maximum absolute atomic E-state index is 12.5. The molecule has 0 aliphatic heterocycles. The highest BCUT2D eigenvalue weighted by Crippen LogP contribution is 2.24. The number of allylic oxidation sites excluding steroid dienone is 1. The average Bonchev–Trinajstić information content (AvgIpc) is 3.06. The summed E-state index contributed by atoms with van der Waals surface area (Å²) in [6.45, 7) is 8.49. The molecular formula is C21H22N4OS. The number of carbonyl (C=O) groups excluding carboxylic acids is 1. The lowest BCUT2D eigenvalue weighted by Gasteiger charge is -2.08. The molecule has 0 atom stereocenters. The summed E-state index contributed by atoms with van der Waals surface area (Å²) in [6.07, 6.45) is 5.71. The minimum absolute atomic E-state index is 0.169. The first-order chi connectivity index (χ1) is 13.1. The lowest BCUT2D eigenvalue weighted by Crippen LogP contribution is -2.08. The van der Waals surface area contributed by atoms with Crippen LogP contribution in [0.5, 0.6) is 0 Å². The summed E-state index contributed by atoms with van der Waals surface area (Å²) in [7, 11) is 0. The number of pyridine rings is 1. The Morgan fingerprint density at radius 2 is 2.11 bits per heavy atom.